The van der Waals surface area contributed by atoms with Crippen molar-refractivity contribution in [2.24, 2.45) is 11.0 Å². The van der Waals surface area contributed by atoms with Gasteiger partial charge in [-0.05, 0) is 56.2 Å². The summed E-state index contributed by atoms with van der Waals surface area (Å²) in [6.07, 6.45) is 3.74. The van der Waals surface area contributed by atoms with Gasteiger partial charge in [0.25, 0.3) is 5.69 Å². The molecule has 2 bridgehead atoms. The van der Waals surface area contributed by atoms with E-state index >= 15 is 0 Å². The number of piperidine rings is 3. The van der Waals surface area contributed by atoms with Gasteiger partial charge in [0.1, 0.15) is 0 Å². The standard InChI is InChI=1S/C15H18ClN5O2S/c16-12-1-2-14(21(22)23)11(7-12)8-17-19-15(24)18-13-9-20-5-3-10(13)4-6-20/h1-2,7-8,10,13H,3-6,9H2,(H2,18,19,24)/b17-8-. The molecule has 1 unspecified atom stereocenters. The predicted molar refractivity (Wildman–Crippen MR) is 97.5 cm³/mol. The molecule has 3 aliphatic heterocycles. The summed E-state index contributed by atoms with van der Waals surface area (Å²) in [5.74, 6) is 0.646. The first-order chi connectivity index (χ1) is 11.5. The topological polar surface area (TPSA) is 82.8 Å². The minimum absolute atomic E-state index is 0.0544. The molecule has 0 aliphatic carbocycles. The van der Waals surface area contributed by atoms with E-state index in [4.69, 9.17) is 23.8 Å². The maximum Gasteiger partial charge on any atom is 0.278 e. The molecule has 3 aliphatic rings. The first-order valence-corrected chi connectivity index (χ1v) is 8.57. The Morgan fingerprint density at radius 2 is 2.21 bits per heavy atom. The largest absolute Gasteiger partial charge is 0.357 e. The maximum absolute atomic E-state index is 11.0. The molecule has 3 fully saturated rings. The summed E-state index contributed by atoms with van der Waals surface area (Å²) in [7, 11) is 0. The third-order valence-corrected chi connectivity index (χ3v) is 4.97. The molecule has 9 heteroatoms. The number of thiocarbonyl (C=S) groups is 1. The molecular formula is C15H18ClN5O2S. The average Bonchev–Trinajstić information content (AvgIpc) is 2.55. The van der Waals surface area contributed by atoms with Crippen molar-refractivity contribution in [3.8, 4) is 0 Å². The second kappa shape index (κ2) is 7.42. The Labute approximate surface area is 150 Å². The number of nitro groups is 1. The van der Waals surface area contributed by atoms with E-state index in [1.807, 2.05) is 0 Å². The van der Waals surface area contributed by atoms with Gasteiger partial charge >= 0.3 is 0 Å². The number of hydrogen-bond acceptors (Lipinski definition) is 5. The molecule has 2 N–H and O–H groups in total. The molecule has 3 saturated heterocycles. The maximum atomic E-state index is 11.0. The van der Waals surface area contributed by atoms with Gasteiger partial charge in [-0.2, -0.15) is 5.10 Å². The number of hydrogen-bond donors (Lipinski definition) is 2. The van der Waals surface area contributed by atoms with Crippen molar-refractivity contribution >= 4 is 40.8 Å². The summed E-state index contributed by atoms with van der Waals surface area (Å²) in [5, 5.41) is 19.1. The van der Waals surface area contributed by atoms with Gasteiger partial charge in [-0.3, -0.25) is 15.5 Å². The quantitative estimate of drug-likeness (QED) is 0.367. The molecule has 0 amide bonds. The Kier molecular flexibility index (Phi) is 5.27. The Hall–Kier alpha value is -1.77. The Morgan fingerprint density at radius 3 is 2.83 bits per heavy atom. The zero-order chi connectivity index (χ0) is 17.1. The first-order valence-electron chi connectivity index (χ1n) is 7.79. The molecule has 0 radical (unpaired) electrons. The van der Waals surface area contributed by atoms with Crippen LogP contribution in [-0.4, -0.2) is 46.8 Å². The Morgan fingerprint density at radius 1 is 1.46 bits per heavy atom. The van der Waals surface area contributed by atoms with E-state index in [-0.39, 0.29) is 5.69 Å². The van der Waals surface area contributed by atoms with Crippen LogP contribution in [0.4, 0.5) is 5.69 Å². The van der Waals surface area contributed by atoms with E-state index in [1.54, 1.807) is 0 Å². The SMILES string of the molecule is O=[N+]([O-])c1ccc(Cl)cc1/C=N\NC(=S)NC1CN2CCC1CC2. The zero-order valence-electron chi connectivity index (χ0n) is 12.9. The van der Waals surface area contributed by atoms with E-state index in [1.165, 1.54) is 50.3 Å². The van der Waals surface area contributed by atoms with E-state index in [0.29, 0.717) is 27.7 Å². The van der Waals surface area contributed by atoms with Gasteiger partial charge < -0.3 is 10.2 Å². The van der Waals surface area contributed by atoms with Crippen LogP contribution in [0.15, 0.2) is 23.3 Å². The highest BCUT2D eigenvalue weighted by molar-refractivity contribution is 7.80. The summed E-state index contributed by atoms with van der Waals surface area (Å²) in [5.41, 5.74) is 3.00. The highest BCUT2D eigenvalue weighted by Crippen LogP contribution is 2.27. The molecule has 1 aromatic carbocycles. The van der Waals surface area contributed by atoms with Crippen molar-refractivity contribution in [1.29, 1.82) is 0 Å². The summed E-state index contributed by atoms with van der Waals surface area (Å²) in [4.78, 5) is 13.0. The van der Waals surface area contributed by atoms with Crippen molar-refractivity contribution in [3.63, 3.8) is 0 Å². The molecule has 7 nitrogen and oxygen atoms in total. The fourth-order valence-electron chi connectivity index (χ4n) is 3.28. The van der Waals surface area contributed by atoms with Crippen molar-refractivity contribution in [2.45, 2.75) is 18.9 Å². The zero-order valence-corrected chi connectivity index (χ0v) is 14.5. The lowest BCUT2D eigenvalue weighted by atomic mass is 9.84. The second-order valence-electron chi connectivity index (χ2n) is 6.05. The molecule has 0 saturated carbocycles. The van der Waals surface area contributed by atoms with Crippen molar-refractivity contribution in [3.05, 3.63) is 38.9 Å². The van der Waals surface area contributed by atoms with Crippen molar-refractivity contribution in [2.75, 3.05) is 19.6 Å². The summed E-state index contributed by atoms with van der Waals surface area (Å²) in [6.45, 7) is 3.33. The van der Waals surface area contributed by atoms with Crippen LogP contribution in [0.25, 0.3) is 0 Å². The molecule has 4 rings (SSSR count). The minimum Gasteiger partial charge on any atom is -0.357 e. The van der Waals surface area contributed by atoms with Gasteiger partial charge in [0, 0.05) is 23.7 Å². The Balaban J connectivity index is 1.57. The fourth-order valence-corrected chi connectivity index (χ4v) is 3.67. The molecule has 1 atom stereocenters. The lowest BCUT2D eigenvalue weighted by molar-refractivity contribution is -0.385. The van der Waals surface area contributed by atoms with Crippen LogP contribution in [0.2, 0.25) is 5.02 Å². The first kappa shape index (κ1) is 17.1. The summed E-state index contributed by atoms with van der Waals surface area (Å²) in [6, 6.07) is 4.66. The van der Waals surface area contributed by atoms with E-state index in [0.717, 1.165) is 6.54 Å². The third-order valence-electron chi connectivity index (χ3n) is 4.53. The van der Waals surface area contributed by atoms with Crippen molar-refractivity contribution < 1.29 is 4.92 Å². The number of hydrazone groups is 1. The van der Waals surface area contributed by atoms with Crippen LogP contribution in [0.5, 0.6) is 0 Å². The Bertz CT molecular complexity index is 676. The molecule has 24 heavy (non-hydrogen) atoms. The van der Waals surface area contributed by atoms with E-state index in [9.17, 15) is 10.1 Å². The van der Waals surface area contributed by atoms with Gasteiger partial charge in [-0.25, -0.2) is 0 Å². The van der Waals surface area contributed by atoms with Crippen molar-refractivity contribution in [1.82, 2.24) is 15.6 Å². The van der Waals surface area contributed by atoms with Gasteiger partial charge in [-0.15, -0.1) is 0 Å². The highest BCUT2D eigenvalue weighted by atomic mass is 35.5. The second-order valence-corrected chi connectivity index (χ2v) is 6.89. The van der Waals surface area contributed by atoms with Gasteiger partial charge in [0.2, 0.25) is 0 Å². The van der Waals surface area contributed by atoms with Crippen LogP contribution in [-0.2, 0) is 0 Å². The van der Waals surface area contributed by atoms with Gasteiger partial charge in [-0.1, -0.05) is 11.6 Å². The molecule has 1 aromatic rings. The summed E-state index contributed by atoms with van der Waals surface area (Å²) < 4.78 is 0. The number of nitrogens with zero attached hydrogens (tertiary/aromatic N) is 3. The monoisotopic (exact) mass is 367 g/mol. The normalized spacial score (nSPS) is 25.6. The fraction of sp³-hybridized carbons (Fsp3) is 0.467. The number of nitro benzene ring substituents is 1. The summed E-state index contributed by atoms with van der Waals surface area (Å²) >= 11 is 11.1. The van der Waals surface area contributed by atoms with Crippen LogP contribution < -0.4 is 10.7 Å². The lowest BCUT2D eigenvalue weighted by Gasteiger charge is -2.45. The van der Waals surface area contributed by atoms with Crippen LogP contribution in [0.1, 0.15) is 18.4 Å². The minimum atomic E-state index is -0.471. The smallest absolute Gasteiger partial charge is 0.278 e. The third kappa shape index (κ3) is 4.00. The predicted octanol–water partition coefficient (Wildman–Crippen LogP) is 2.14. The van der Waals surface area contributed by atoms with E-state index < -0.39 is 4.92 Å². The van der Waals surface area contributed by atoms with Crippen LogP contribution in [0, 0.1) is 16.0 Å². The highest BCUT2D eigenvalue weighted by Gasteiger charge is 2.34. The van der Waals surface area contributed by atoms with Gasteiger partial charge in [0.15, 0.2) is 5.11 Å². The van der Waals surface area contributed by atoms with Gasteiger partial charge in [0.05, 0.1) is 16.7 Å². The van der Waals surface area contributed by atoms with E-state index in [2.05, 4.69) is 20.7 Å². The average molecular weight is 368 g/mol. The lowest BCUT2D eigenvalue weighted by Crippen LogP contribution is -2.58. The number of fused-ring (bicyclic) bond motifs is 3. The number of benzene rings is 1. The molecule has 0 spiro atoms. The van der Waals surface area contributed by atoms with Crippen LogP contribution >= 0.6 is 23.8 Å². The number of halogens is 1. The molecule has 3 heterocycles. The molecular weight excluding hydrogens is 350 g/mol. The number of nitrogens with one attached hydrogen (secondary N) is 2. The van der Waals surface area contributed by atoms with Crippen LogP contribution in [0.3, 0.4) is 0 Å². The molecule has 0 aromatic heterocycles. The molecule has 128 valence electrons. The number of rotatable bonds is 4.